The monoisotopic (exact) mass is 382 g/mol. The van der Waals surface area contributed by atoms with E-state index in [2.05, 4.69) is 5.32 Å². The van der Waals surface area contributed by atoms with Crippen LogP contribution in [0.15, 0.2) is 48.5 Å². The summed E-state index contributed by atoms with van der Waals surface area (Å²) in [6.45, 7) is 6.06. The summed E-state index contributed by atoms with van der Waals surface area (Å²) in [6, 6.07) is 15.4. The fraction of sp³-hybridized carbons (Fsp3) is 0.333. The van der Waals surface area contributed by atoms with Gasteiger partial charge >= 0.3 is 5.97 Å². The minimum absolute atomic E-state index is 0.298. The molecular weight excluding hydrogens is 360 g/mol. The number of fused-ring (bicyclic) bond motifs is 4. The first-order chi connectivity index (χ1) is 13.0. The van der Waals surface area contributed by atoms with Crippen LogP contribution in [0.5, 0.6) is 5.75 Å². The van der Waals surface area contributed by atoms with Crippen molar-refractivity contribution >= 4 is 29.0 Å². The lowest BCUT2D eigenvalue weighted by atomic mass is 9.79. The summed E-state index contributed by atoms with van der Waals surface area (Å²) >= 11 is 5.71. The molecule has 1 fully saturated rings. The van der Waals surface area contributed by atoms with Crippen LogP contribution >= 0.6 is 12.2 Å². The Hall–Kier alpha value is -2.60. The highest BCUT2D eigenvalue weighted by Crippen LogP contribution is 2.50. The number of aryl methyl sites for hydroxylation is 1. The number of para-hydroxylation sites is 2. The molecule has 140 valence electrons. The fourth-order valence-electron chi connectivity index (χ4n) is 4.10. The van der Waals surface area contributed by atoms with Gasteiger partial charge in [-0.25, -0.2) is 0 Å². The van der Waals surface area contributed by atoms with Gasteiger partial charge in [-0.05, 0) is 50.7 Å². The van der Waals surface area contributed by atoms with E-state index >= 15 is 0 Å². The number of carbonyl (C=O) groups excluding carboxylic acids is 1. The summed E-state index contributed by atoms with van der Waals surface area (Å²) in [4.78, 5) is 14.9. The van der Waals surface area contributed by atoms with E-state index in [1.165, 1.54) is 0 Å². The molecule has 4 rings (SSSR count). The van der Waals surface area contributed by atoms with Crippen molar-refractivity contribution in [2.24, 2.45) is 5.92 Å². The summed E-state index contributed by atoms with van der Waals surface area (Å²) in [7, 11) is 0. The second-order valence-electron chi connectivity index (χ2n) is 6.97. The van der Waals surface area contributed by atoms with Crippen LogP contribution in [0.4, 0.5) is 5.69 Å². The number of ether oxygens (including phenoxy) is 2. The minimum Gasteiger partial charge on any atom is -0.466 e. The molecule has 0 aromatic heterocycles. The van der Waals surface area contributed by atoms with E-state index in [0.717, 1.165) is 22.6 Å². The topological polar surface area (TPSA) is 50.8 Å². The van der Waals surface area contributed by atoms with Gasteiger partial charge in [0.15, 0.2) is 5.11 Å². The first-order valence-corrected chi connectivity index (χ1v) is 9.49. The van der Waals surface area contributed by atoms with E-state index in [-0.39, 0.29) is 12.0 Å². The molecule has 2 heterocycles. The average Bonchev–Trinajstić information content (AvgIpc) is 2.62. The zero-order chi connectivity index (χ0) is 19.2. The number of rotatable bonds is 3. The molecule has 6 heteroatoms. The first-order valence-electron chi connectivity index (χ1n) is 9.08. The first kappa shape index (κ1) is 17.8. The van der Waals surface area contributed by atoms with Crippen molar-refractivity contribution in [3.8, 4) is 5.75 Å². The molecule has 1 saturated heterocycles. The molecular formula is C21H22N2O3S. The van der Waals surface area contributed by atoms with Crippen LogP contribution in [-0.4, -0.2) is 23.4 Å². The lowest BCUT2D eigenvalue weighted by Gasteiger charge is -2.55. The number of hydrogen-bond donors (Lipinski definition) is 1. The van der Waals surface area contributed by atoms with Crippen LogP contribution < -0.4 is 15.0 Å². The predicted molar refractivity (Wildman–Crippen MR) is 108 cm³/mol. The van der Waals surface area contributed by atoms with Gasteiger partial charge in [-0.3, -0.25) is 9.69 Å². The van der Waals surface area contributed by atoms with Crippen molar-refractivity contribution in [1.29, 1.82) is 0 Å². The molecule has 0 radical (unpaired) electrons. The maximum absolute atomic E-state index is 13.0. The molecule has 2 aromatic carbocycles. The quantitative estimate of drug-likeness (QED) is 0.645. The largest absolute Gasteiger partial charge is 0.466 e. The molecule has 27 heavy (non-hydrogen) atoms. The Balaban J connectivity index is 1.91. The van der Waals surface area contributed by atoms with Gasteiger partial charge in [0.25, 0.3) is 0 Å². The number of nitrogens with zero attached hydrogens (tertiary/aromatic N) is 1. The standard InChI is InChI=1S/C21H22N2O3S/c1-4-25-19(24)17-18-14-10-6-8-12-16(14)26-21(17,3)23(20(27)22-18)15-11-7-5-9-13(15)2/h5-12,17-18H,4H2,1-3H3,(H,22,27)/t17-,18-,21-/m0/s1. The van der Waals surface area contributed by atoms with Crippen molar-refractivity contribution in [3.05, 3.63) is 59.7 Å². The van der Waals surface area contributed by atoms with E-state index in [4.69, 9.17) is 21.7 Å². The number of anilines is 1. The SMILES string of the molecule is CCOC(=O)[C@@H]1[C@H]2NC(=S)N(c3ccccc3C)[C@@]1(C)Oc1ccccc12. The fourth-order valence-corrected chi connectivity index (χ4v) is 4.51. The van der Waals surface area contributed by atoms with Crippen LogP contribution in [0.3, 0.4) is 0 Å². The summed E-state index contributed by atoms with van der Waals surface area (Å²) in [5.74, 6) is -0.120. The molecule has 0 unspecified atom stereocenters. The van der Waals surface area contributed by atoms with E-state index < -0.39 is 11.6 Å². The van der Waals surface area contributed by atoms with E-state index in [0.29, 0.717) is 11.7 Å². The zero-order valence-corrected chi connectivity index (χ0v) is 16.4. The lowest BCUT2D eigenvalue weighted by Crippen LogP contribution is -2.71. The average molecular weight is 382 g/mol. The van der Waals surface area contributed by atoms with Crippen molar-refractivity contribution in [2.75, 3.05) is 11.5 Å². The van der Waals surface area contributed by atoms with E-state index in [1.807, 2.05) is 74.2 Å². The van der Waals surface area contributed by atoms with Crippen LogP contribution in [0.1, 0.15) is 31.0 Å². The lowest BCUT2D eigenvalue weighted by molar-refractivity contribution is -0.159. The second-order valence-corrected chi connectivity index (χ2v) is 7.36. The van der Waals surface area contributed by atoms with Gasteiger partial charge in [0.2, 0.25) is 5.72 Å². The summed E-state index contributed by atoms with van der Waals surface area (Å²) < 4.78 is 11.9. The van der Waals surface area contributed by atoms with Crippen molar-refractivity contribution in [1.82, 2.24) is 5.32 Å². The molecule has 1 N–H and O–H groups in total. The van der Waals surface area contributed by atoms with Gasteiger partial charge in [0.1, 0.15) is 11.7 Å². The zero-order valence-electron chi connectivity index (χ0n) is 15.6. The maximum Gasteiger partial charge on any atom is 0.317 e. The Morgan fingerprint density at radius 2 is 1.96 bits per heavy atom. The summed E-state index contributed by atoms with van der Waals surface area (Å²) in [5.41, 5.74) is 1.87. The highest BCUT2D eigenvalue weighted by atomic mass is 32.1. The normalized spacial score (nSPS) is 25.9. The van der Waals surface area contributed by atoms with E-state index in [9.17, 15) is 4.79 Å². The Kier molecular flexibility index (Phi) is 4.30. The van der Waals surface area contributed by atoms with Crippen LogP contribution in [0.2, 0.25) is 0 Å². The second kappa shape index (κ2) is 6.53. The number of hydrogen-bond acceptors (Lipinski definition) is 4. The molecule has 2 aliphatic rings. The smallest absolute Gasteiger partial charge is 0.317 e. The number of benzene rings is 2. The maximum atomic E-state index is 13.0. The summed E-state index contributed by atoms with van der Waals surface area (Å²) in [5, 5.41) is 3.90. The van der Waals surface area contributed by atoms with Crippen molar-refractivity contribution in [3.63, 3.8) is 0 Å². The third-order valence-electron chi connectivity index (χ3n) is 5.30. The van der Waals surface area contributed by atoms with Gasteiger partial charge in [0.05, 0.1) is 12.6 Å². The van der Waals surface area contributed by atoms with Gasteiger partial charge in [-0.15, -0.1) is 0 Å². The Morgan fingerprint density at radius 1 is 1.26 bits per heavy atom. The molecule has 2 bridgehead atoms. The number of esters is 1. The molecule has 3 atom stereocenters. The molecule has 5 nitrogen and oxygen atoms in total. The Labute approximate surface area is 164 Å². The van der Waals surface area contributed by atoms with Crippen molar-refractivity contribution in [2.45, 2.75) is 32.5 Å². The van der Waals surface area contributed by atoms with Gasteiger partial charge in [-0.1, -0.05) is 36.4 Å². The summed E-state index contributed by atoms with van der Waals surface area (Å²) in [6.07, 6.45) is 0. The predicted octanol–water partition coefficient (Wildman–Crippen LogP) is 3.72. The van der Waals surface area contributed by atoms with Crippen LogP contribution in [0, 0.1) is 12.8 Å². The highest BCUT2D eigenvalue weighted by molar-refractivity contribution is 7.80. The number of thiocarbonyl (C=S) groups is 1. The Morgan fingerprint density at radius 3 is 2.70 bits per heavy atom. The van der Waals surface area contributed by atoms with Crippen LogP contribution in [0.25, 0.3) is 0 Å². The van der Waals surface area contributed by atoms with Crippen molar-refractivity contribution < 1.29 is 14.3 Å². The minimum atomic E-state index is -1.00. The van der Waals surface area contributed by atoms with Gasteiger partial charge in [-0.2, -0.15) is 0 Å². The molecule has 0 saturated carbocycles. The highest BCUT2D eigenvalue weighted by Gasteiger charge is 2.59. The molecule has 0 spiro atoms. The third kappa shape index (κ3) is 2.67. The number of nitrogens with one attached hydrogen (secondary N) is 1. The number of carbonyl (C=O) groups is 1. The molecule has 0 amide bonds. The van der Waals surface area contributed by atoms with E-state index in [1.54, 1.807) is 0 Å². The van der Waals surface area contributed by atoms with Gasteiger partial charge in [0, 0.05) is 11.3 Å². The molecule has 2 aromatic rings. The molecule has 0 aliphatic carbocycles. The molecule has 2 aliphatic heterocycles. The third-order valence-corrected chi connectivity index (χ3v) is 5.60. The van der Waals surface area contributed by atoms with Crippen LogP contribution in [-0.2, 0) is 9.53 Å². The van der Waals surface area contributed by atoms with Gasteiger partial charge < -0.3 is 14.8 Å². The Bertz CT molecular complexity index is 916.